The van der Waals surface area contributed by atoms with Crippen LogP contribution in [0.4, 0.5) is 0 Å². The standard InChI is InChI=1S/C17H20N6O/c18-17(4-5-17)16(24)22-7-1-2-12(10-22)23-14-11(9-21-23)8-20-15-13(14)3-6-19-15/h3,6,8-9,12H,1-2,4-5,7,10,18H2,(H,19,20)/t12-/m0/s1. The van der Waals surface area contributed by atoms with Gasteiger partial charge in [-0.3, -0.25) is 9.48 Å². The summed E-state index contributed by atoms with van der Waals surface area (Å²) in [4.78, 5) is 22.1. The van der Waals surface area contributed by atoms with E-state index in [9.17, 15) is 4.79 Å². The van der Waals surface area contributed by atoms with Crippen LogP contribution in [0.1, 0.15) is 31.7 Å². The number of piperidine rings is 1. The van der Waals surface area contributed by atoms with Crippen molar-refractivity contribution in [3.8, 4) is 0 Å². The molecule has 3 aromatic heterocycles. The van der Waals surface area contributed by atoms with Crippen LogP contribution in [-0.4, -0.2) is 49.2 Å². The van der Waals surface area contributed by atoms with Crippen molar-refractivity contribution in [1.29, 1.82) is 0 Å². The fourth-order valence-electron chi connectivity index (χ4n) is 3.82. The van der Waals surface area contributed by atoms with Crippen LogP contribution in [0.3, 0.4) is 0 Å². The van der Waals surface area contributed by atoms with Gasteiger partial charge in [0.1, 0.15) is 5.65 Å². The zero-order valence-electron chi connectivity index (χ0n) is 13.4. The van der Waals surface area contributed by atoms with E-state index in [0.29, 0.717) is 6.54 Å². The molecule has 1 aliphatic heterocycles. The maximum absolute atomic E-state index is 12.6. The summed E-state index contributed by atoms with van der Waals surface area (Å²) in [6.45, 7) is 1.48. The Bertz CT molecular complexity index is 937. The van der Waals surface area contributed by atoms with Gasteiger partial charge in [0, 0.05) is 36.3 Å². The highest BCUT2D eigenvalue weighted by molar-refractivity contribution is 6.02. The monoisotopic (exact) mass is 324 g/mol. The van der Waals surface area contributed by atoms with Crippen molar-refractivity contribution in [1.82, 2.24) is 24.6 Å². The third-order valence-corrected chi connectivity index (χ3v) is 5.38. The van der Waals surface area contributed by atoms with Gasteiger partial charge >= 0.3 is 0 Å². The van der Waals surface area contributed by atoms with E-state index < -0.39 is 5.54 Å². The molecule has 1 aliphatic carbocycles. The maximum atomic E-state index is 12.6. The van der Waals surface area contributed by atoms with Gasteiger partial charge < -0.3 is 15.6 Å². The Hall–Kier alpha value is -2.41. The number of pyridine rings is 1. The Kier molecular flexibility index (Phi) is 2.79. The van der Waals surface area contributed by atoms with E-state index in [1.807, 2.05) is 29.6 Å². The summed E-state index contributed by atoms with van der Waals surface area (Å²) < 4.78 is 2.07. The minimum absolute atomic E-state index is 0.108. The molecule has 0 aromatic carbocycles. The summed E-state index contributed by atoms with van der Waals surface area (Å²) in [7, 11) is 0. The van der Waals surface area contributed by atoms with Crippen molar-refractivity contribution in [2.75, 3.05) is 13.1 Å². The Morgan fingerprint density at radius 1 is 1.38 bits per heavy atom. The van der Waals surface area contributed by atoms with Gasteiger partial charge in [0.05, 0.1) is 23.3 Å². The lowest BCUT2D eigenvalue weighted by molar-refractivity contribution is -0.135. The number of hydrogen-bond donors (Lipinski definition) is 2. The Morgan fingerprint density at radius 2 is 2.25 bits per heavy atom. The lowest BCUT2D eigenvalue weighted by Crippen LogP contribution is -2.49. The third kappa shape index (κ3) is 1.97. The number of nitrogens with two attached hydrogens (primary N) is 1. The van der Waals surface area contributed by atoms with E-state index >= 15 is 0 Å². The minimum atomic E-state index is -0.591. The number of fused-ring (bicyclic) bond motifs is 3. The summed E-state index contributed by atoms with van der Waals surface area (Å²) >= 11 is 0. The van der Waals surface area contributed by atoms with Gasteiger partial charge in [0.15, 0.2) is 0 Å². The number of nitrogens with zero attached hydrogens (tertiary/aromatic N) is 4. The van der Waals surface area contributed by atoms with E-state index in [-0.39, 0.29) is 11.9 Å². The quantitative estimate of drug-likeness (QED) is 0.748. The first-order chi connectivity index (χ1) is 11.7. The number of aromatic nitrogens is 4. The Labute approximate surface area is 138 Å². The van der Waals surface area contributed by atoms with E-state index in [2.05, 4.69) is 19.7 Å². The molecule has 3 aromatic rings. The number of amides is 1. The first-order valence-corrected chi connectivity index (χ1v) is 8.53. The van der Waals surface area contributed by atoms with Gasteiger partial charge in [-0.25, -0.2) is 4.98 Å². The molecule has 2 fully saturated rings. The number of rotatable bonds is 2. The van der Waals surface area contributed by atoms with Crippen LogP contribution in [0.5, 0.6) is 0 Å². The van der Waals surface area contributed by atoms with Gasteiger partial charge in [-0.05, 0) is 31.7 Å². The SMILES string of the molecule is NC1(C(=O)N2CCC[C@H](n3ncc4cnc5[nH]ccc5c43)C2)CC1. The molecular weight excluding hydrogens is 304 g/mol. The van der Waals surface area contributed by atoms with Crippen LogP contribution in [0.25, 0.3) is 21.9 Å². The van der Waals surface area contributed by atoms with E-state index in [1.165, 1.54) is 0 Å². The lowest BCUT2D eigenvalue weighted by Gasteiger charge is -2.34. The molecular formula is C17H20N6O. The zero-order chi connectivity index (χ0) is 16.3. The number of H-pyrrole nitrogens is 1. The van der Waals surface area contributed by atoms with Gasteiger partial charge in [-0.1, -0.05) is 0 Å². The predicted octanol–water partition coefficient (Wildman–Crippen LogP) is 1.57. The molecule has 0 spiro atoms. The van der Waals surface area contributed by atoms with Crippen LogP contribution in [-0.2, 0) is 4.79 Å². The highest BCUT2D eigenvalue weighted by atomic mass is 16.2. The predicted molar refractivity (Wildman–Crippen MR) is 90.4 cm³/mol. The molecule has 7 heteroatoms. The summed E-state index contributed by atoms with van der Waals surface area (Å²) in [5.74, 6) is 0.108. The molecule has 1 amide bonds. The first-order valence-electron chi connectivity index (χ1n) is 8.53. The van der Waals surface area contributed by atoms with Crippen LogP contribution in [0.15, 0.2) is 24.7 Å². The van der Waals surface area contributed by atoms with E-state index in [4.69, 9.17) is 5.73 Å². The maximum Gasteiger partial charge on any atom is 0.242 e. The summed E-state index contributed by atoms with van der Waals surface area (Å²) in [6, 6.07) is 2.22. The molecule has 0 radical (unpaired) electrons. The van der Waals surface area contributed by atoms with E-state index in [0.717, 1.165) is 54.2 Å². The van der Waals surface area contributed by atoms with Crippen LogP contribution in [0.2, 0.25) is 0 Å². The van der Waals surface area contributed by atoms with Crippen LogP contribution < -0.4 is 5.73 Å². The molecule has 0 bridgehead atoms. The molecule has 4 heterocycles. The second-order valence-electron chi connectivity index (χ2n) is 7.09. The molecule has 0 unspecified atom stereocenters. The average molecular weight is 324 g/mol. The van der Waals surface area contributed by atoms with Crippen molar-refractivity contribution < 1.29 is 4.79 Å². The second kappa shape index (κ2) is 4.80. The summed E-state index contributed by atoms with van der Waals surface area (Å²) in [5.41, 5.74) is 7.48. The van der Waals surface area contributed by atoms with Gasteiger partial charge in [0.25, 0.3) is 0 Å². The Balaban J connectivity index is 1.52. The Morgan fingerprint density at radius 3 is 3.08 bits per heavy atom. The average Bonchev–Trinajstić information content (AvgIpc) is 3.03. The normalized spacial score (nSPS) is 23.0. The van der Waals surface area contributed by atoms with Gasteiger partial charge in [-0.15, -0.1) is 0 Å². The van der Waals surface area contributed by atoms with Crippen LogP contribution >= 0.6 is 0 Å². The van der Waals surface area contributed by atoms with Crippen LogP contribution in [0, 0.1) is 0 Å². The smallest absolute Gasteiger partial charge is 0.242 e. The van der Waals surface area contributed by atoms with Crippen molar-refractivity contribution >= 4 is 27.8 Å². The number of nitrogens with one attached hydrogen (secondary N) is 1. The number of carbonyl (C=O) groups excluding carboxylic acids is 1. The molecule has 7 nitrogen and oxygen atoms in total. The molecule has 24 heavy (non-hydrogen) atoms. The topological polar surface area (TPSA) is 92.8 Å². The van der Waals surface area contributed by atoms with Crippen molar-refractivity contribution in [2.45, 2.75) is 37.3 Å². The molecule has 1 atom stereocenters. The molecule has 5 rings (SSSR count). The molecule has 2 aliphatic rings. The largest absolute Gasteiger partial charge is 0.346 e. The fourth-order valence-corrected chi connectivity index (χ4v) is 3.82. The molecule has 1 saturated carbocycles. The second-order valence-corrected chi connectivity index (χ2v) is 7.09. The first kappa shape index (κ1) is 14.0. The van der Waals surface area contributed by atoms with E-state index in [1.54, 1.807) is 0 Å². The fraction of sp³-hybridized carbons (Fsp3) is 0.471. The summed E-state index contributed by atoms with van der Waals surface area (Å²) in [6.07, 6.45) is 9.24. The highest BCUT2D eigenvalue weighted by Crippen LogP contribution is 2.36. The van der Waals surface area contributed by atoms with Gasteiger partial charge in [0.2, 0.25) is 5.91 Å². The van der Waals surface area contributed by atoms with Gasteiger partial charge in [-0.2, -0.15) is 5.10 Å². The number of aromatic amines is 1. The minimum Gasteiger partial charge on any atom is -0.346 e. The molecule has 1 saturated heterocycles. The van der Waals surface area contributed by atoms with Crippen molar-refractivity contribution in [3.63, 3.8) is 0 Å². The number of likely N-dealkylation sites (tertiary alicyclic amines) is 1. The van der Waals surface area contributed by atoms with Crippen molar-refractivity contribution in [2.24, 2.45) is 5.73 Å². The lowest BCUT2D eigenvalue weighted by atomic mass is 10.0. The van der Waals surface area contributed by atoms with Crippen molar-refractivity contribution in [3.05, 3.63) is 24.7 Å². The third-order valence-electron chi connectivity index (χ3n) is 5.38. The highest BCUT2D eigenvalue weighted by Gasteiger charge is 2.48. The zero-order valence-corrected chi connectivity index (χ0v) is 13.4. The molecule has 3 N–H and O–H groups in total. The molecule has 124 valence electrons. The number of carbonyl (C=O) groups is 1. The number of hydrogen-bond acceptors (Lipinski definition) is 4. The summed E-state index contributed by atoms with van der Waals surface area (Å²) in [5, 5.41) is 6.72.